The summed E-state index contributed by atoms with van der Waals surface area (Å²) in [5.41, 5.74) is 0.441. The van der Waals surface area contributed by atoms with Crippen LogP contribution in [-0.4, -0.2) is 61.1 Å². The van der Waals surface area contributed by atoms with Gasteiger partial charge in [-0.3, -0.25) is 9.59 Å². The number of carbonyl (C=O) groups excluding carboxylic acids is 2. The Kier molecular flexibility index (Phi) is 4.66. The van der Waals surface area contributed by atoms with Crippen molar-refractivity contribution in [1.82, 2.24) is 24.4 Å². The maximum atomic E-state index is 13.8. The maximum Gasteiger partial charge on any atom is 0.257 e. The number of piperidine rings is 1. The standard InChI is InChI=1S/C22H19F2N5O3S/c23-14-7-12(8-15(24)10-14)17-1-2-18-29(17)21(31)22(32-18)3-5-28(6-4-22)20(30)13-9-16-19(25-11-13)33-27-26-16/h7-11,17-18H,1-6H2/t17-,18+/m0/s1. The van der Waals surface area contributed by atoms with Crippen LogP contribution in [0.3, 0.4) is 0 Å². The molecule has 33 heavy (non-hydrogen) atoms. The molecule has 0 N–H and O–H groups in total. The number of hydrogen-bond donors (Lipinski definition) is 0. The van der Waals surface area contributed by atoms with Crippen LogP contribution in [0.5, 0.6) is 0 Å². The van der Waals surface area contributed by atoms with Crippen LogP contribution in [0.2, 0.25) is 0 Å². The largest absolute Gasteiger partial charge is 0.342 e. The Morgan fingerprint density at radius 2 is 1.88 bits per heavy atom. The molecule has 170 valence electrons. The first-order chi connectivity index (χ1) is 15.9. The van der Waals surface area contributed by atoms with Crippen molar-refractivity contribution in [3.05, 3.63) is 53.2 Å². The van der Waals surface area contributed by atoms with E-state index in [1.54, 1.807) is 15.9 Å². The Bertz CT molecular complexity index is 1260. The molecule has 3 aromatic rings. The fourth-order valence-corrected chi connectivity index (χ4v) is 5.70. The number of carbonyl (C=O) groups is 2. The third-order valence-electron chi connectivity index (χ3n) is 6.80. The average Bonchev–Trinajstić information content (AvgIpc) is 3.49. The molecule has 0 unspecified atom stereocenters. The number of pyridine rings is 1. The zero-order valence-corrected chi connectivity index (χ0v) is 18.2. The SMILES string of the molecule is O=C(c1cnc2snnc2c1)N1CCC2(CC1)O[C@@H]1CC[C@@H](c3cc(F)cc(F)c3)N1C2=O. The van der Waals surface area contributed by atoms with Crippen molar-refractivity contribution in [2.24, 2.45) is 0 Å². The minimum Gasteiger partial charge on any atom is -0.342 e. The Balaban J connectivity index is 1.18. The van der Waals surface area contributed by atoms with Crippen LogP contribution in [0.25, 0.3) is 10.3 Å². The van der Waals surface area contributed by atoms with Crippen LogP contribution in [-0.2, 0) is 9.53 Å². The lowest BCUT2D eigenvalue weighted by molar-refractivity contribution is -0.142. The molecule has 11 heteroatoms. The topological polar surface area (TPSA) is 88.5 Å². The van der Waals surface area contributed by atoms with Gasteiger partial charge in [0.05, 0.1) is 11.6 Å². The van der Waals surface area contributed by atoms with Gasteiger partial charge in [-0.2, -0.15) is 0 Å². The number of rotatable bonds is 2. The van der Waals surface area contributed by atoms with Crippen molar-refractivity contribution in [3.63, 3.8) is 0 Å². The van der Waals surface area contributed by atoms with Gasteiger partial charge in [-0.05, 0) is 36.6 Å². The summed E-state index contributed by atoms with van der Waals surface area (Å²) in [6.07, 6.45) is 3.02. The Hall–Kier alpha value is -3.05. The van der Waals surface area contributed by atoms with E-state index in [0.29, 0.717) is 60.2 Å². The first-order valence-corrected chi connectivity index (χ1v) is 11.5. The number of halogens is 2. The predicted octanol–water partition coefficient (Wildman–Crippen LogP) is 3.06. The normalized spacial score (nSPS) is 24.1. The molecule has 1 aromatic carbocycles. The molecule has 8 nitrogen and oxygen atoms in total. The van der Waals surface area contributed by atoms with Crippen LogP contribution in [0.4, 0.5) is 8.78 Å². The molecule has 3 fully saturated rings. The molecule has 0 bridgehead atoms. The summed E-state index contributed by atoms with van der Waals surface area (Å²) in [6.45, 7) is 0.718. The molecule has 1 spiro atoms. The van der Waals surface area contributed by atoms with E-state index in [1.807, 2.05) is 0 Å². The zero-order chi connectivity index (χ0) is 22.7. The van der Waals surface area contributed by atoms with Gasteiger partial charge in [0.2, 0.25) is 0 Å². The van der Waals surface area contributed by atoms with E-state index in [9.17, 15) is 18.4 Å². The second kappa shape index (κ2) is 7.49. The minimum absolute atomic E-state index is 0.164. The molecule has 6 rings (SSSR count). The van der Waals surface area contributed by atoms with Gasteiger partial charge in [-0.15, -0.1) is 5.10 Å². The highest BCUT2D eigenvalue weighted by Crippen LogP contribution is 2.47. The molecule has 0 saturated carbocycles. The number of ether oxygens (including phenoxy) is 1. The van der Waals surface area contributed by atoms with E-state index in [-0.39, 0.29) is 11.8 Å². The second-order valence-corrected chi connectivity index (χ2v) is 9.42. The van der Waals surface area contributed by atoms with Crippen LogP contribution in [0, 0.1) is 11.6 Å². The van der Waals surface area contributed by atoms with Gasteiger partial charge in [-0.25, -0.2) is 13.8 Å². The number of benzene rings is 1. The average molecular weight is 471 g/mol. The third-order valence-corrected chi connectivity index (χ3v) is 7.45. The summed E-state index contributed by atoms with van der Waals surface area (Å²) in [7, 11) is 0. The number of hydrogen-bond acceptors (Lipinski definition) is 7. The number of amides is 2. The second-order valence-electron chi connectivity index (χ2n) is 8.69. The minimum atomic E-state index is -1.01. The Labute approximate surface area is 191 Å². The summed E-state index contributed by atoms with van der Waals surface area (Å²) in [4.78, 5) is 34.7. The Morgan fingerprint density at radius 1 is 1.12 bits per heavy atom. The molecule has 2 aromatic heterocycles. The highest BCUT2D eigenvalue weighted by molar-refractivity contribution is 7.12. The van der Waals surface area contributed by atoms with Crippen molar-refractivity contribution < 1.29 is 23.1 Å². The van der Waals surface area contributed by atoms with Gasteiger partial charge in [-0.1, -0.05) is 4.49 Å². The van der Waals surface area contributed by atoms with E-state index < -0.39 is 29.5 Å². The summed E-state index contributed by atoms with van der Waals surface area (Å²) < 4.78 is 37.6. The highest BCUT2D eigenvalue weighted by Gasteiger charge is 2.58. The fourth-order valence-electron chi connectivity index (χ4n) is 5.20. The number of aromatic nitrogens is 3. The van der Waals surface area contributed by atoms with E-state index in [0.717, 1.165) is 6.07 Å². The van der Waals surface area contributed by atoms with Crippen molar-refractivity contribution in [1.29, 1.82) is 0 Å². The van der Waals surface area contributed by atoms with Crippen LogP contribution in [0.15, 0.2) is 30.5 Å². The van der Waals surface area contributed by atoms with Crippen molar-refractivity contribution in [2.75, 3.05) is 13.1 Å². The summed E-state index contributed by atoms with van der Waals surface area (Å²) in [5.74, 6) is -1.66. The quantitative estimate of drug-likeness (QED) is 0.571. The monoisotopic (exact) mass is 471 g/mol. The molecule has 0 radical (unpaired) electrons. The molecule has 3 aliphatic rings. The molecule has 2 atom stereocenters. The molecular weight excluding hydrogens is 452 g/mol. The van der Waals surface area contributed by atoms with Crippen molar-refractivity contribution >= 4 is 33.7 Å². The molecular formula is C22H19F2N5O3S. The third kappa shape index (κ3) is 3.29. The van der Waals surface area contributed by atoms with E-state index in [1.165, 1.54) is 29.9 Å². The van der Waals surface area contributed by atoms with Crippen molar-refractivity contribution in [3.8, 4) is 0 Å². The van der Waals surface area contributed by atoms with Gasteiger partial charge < -0.3 is 14.5 Å². The lowest BCUT2D eigenvalue weighted by Gasteiger charge is -2.37. The van der Waals surface area contributed by atoms with Gasteiger partial charge in [0.25, 0.3) is 11.8 Å². The first kappa shape index (κ1) is 20.5. The maximum absolute atomic E-state index is 13.8. The van der Waals surface area contributed by atoms with Gasteiger partial charge in [0.1, 0.15) is 23.4 Å². The predicted molar refractivity (Wildman–Crippen MR) is 113 cm³/mol. The van der Waals surface area contributed by atoms with Gasteiger partial charge in [0.15, 0.2) is 10.4 Å². The van der Waals surface area contributed by atoms with Crippen LogP contribution >= 0.6 is 11.5 Å². The lowest BCUT2D eigenvalue weighted by atomic mass is 9.89. The summed E-state index contributed by atoms with van der Waals surface area (Å²) >= 11 is 1.17. The lowest BCUT2D eigenvalue weighted by Crippen LogP contribution is -2.51. The van der Waals surface area contributed by atoms with Crippen LogP contribution in [0.1, 0.15) is 47.6 Å². The Morgan fingerprint density at radius 3 is 2.64 bits per heavy atom. The number of fused-ring (bicyclic) bond motifs is 2. The molecule has 3 saturated heterocycles. The zero-order valence-electron chi connectivity index (χ0n) is 17.4. The van der Waals surface area contributed by atoms with E-state index in [2.05, 4.69) is 14.6 Å². The molecule has 2 amide bonds. The van der Waals surface area contributed by atoms with Gasteiger partial charge in [0, 0.05) is 49.7 Å². The first-order valence-electron chi connectivity index (χ1n) is 10.8. The summed E-state index contributed by atoms with van der Waals surface area (Å²) in [6, 6.07) is 4.63. The van der Waals surface area contributed by atoms with Crippen LogP contribution < -0.4 is 0 Å². The van der Waals surface area contributed by atoms with Crippen molar-refractivity contribution in [2.45, 2.75) is 43.6 Å². The number of nitrogens with zero attached hydrogens (tertiary/aromatic N) is 5. The highest BCUT2D eigenvalue weighted by atomic mass is 32.1. The molecule has 0 aliphatic carbocycles. The fraction of sp³-hybridized carbons (Fsp3) is 0.409. The molecule has 3 aliphatic heterocycles. The summed E-state index contributed by atoms with van der Waals surface area (Å²) in [5, 5.41) is 3.97. The van der Waals surface area contributed by atoms with E-state index in [4.69, 9.17) is 4.74 Å². The molecule has 5 heterocycles. The smallest absolute Gasteiger partial charge is 0.257 e. The number of likely N-dealkylation sites (tertiary alicyclic amines) is 1. The van der Waals surface area contributed by atoms with E-state index >= 15 is 0 Å². The van der Waals surface area contributed by atoms with Gasteiger partial charge >= 0.3 is 0 Å².